The van der Waals surface area contributed by atoms with E-state index in [1.807, 2.05) is 42.5 Å². The minimum Gasteiger partial charge on any atom is -0.320 e. The maximum absolute atomic E-state index is 12.9. The minimum absolute atomic E-state index is 0.255. The summed E-state index contributed by atoms with van der Waals surface area (Å²) in [6.45, 7) is 0. The van der Waals surface area contributed by atoms with Gasteiger partial charge in [0, 0.05) is 23.0 Å². The molecule has 2 heterocycles. The first-order valence-electron chi connectivity index (χ1n) is 8.33. The van der Waals surface area contributed by atoms with Crippen molar-refractivity contribution in [1.82, 2.24) is 14.8 Å². The van der Waals surface area contributed by atoms with E-state index >= 15 is 0 Å². The first-order valence-corrected chi connectivity index (χ1v) is 8.71. The number of para-hydroxylation sites is 1. The molecule has 0 radical (unpaired) electrons. The number of nitrogens with zero attached hydrogens (tertiary/aromatic N) is 3. The number of aromatic nitrogens is 3. The molecule has 0 unspecified atom stereocenters. The van der Waals surface area contributed by atoms with Gasteiger partial charge in [0.1, 0.15) is 5.69 Å². The molecule has 6 heteroatoms. The Hall–Kier alpha value is -3.44. The number of carbonyl (C=O) groups is 1. The molecule has 5 nitrogen and oxygen atoms in total. The Morgan fingerprint density at radius 2 is 1.74 bits per heavy atom. The zero-order chi connectivity index (χ0) is 18.6. The summed E-state index contributed by atoms with van der Waals surface area (Å²) < 4.78 is 1.70. The number of benzene rings is 2. The fraction of sp³-hybridized carbons (Fsp3) is 0. The summed E-state index contributed by atoms with van der Waals surface area (Å²) in [6, 6.07) is 20.5. The van der Waals surface area contributed by atoms with Gasteiger partial charge in [-0.2, -0.15) is 5.10 Å². The lowest BCUT2D eigenvalue weighted by Gasteiger charge is -2.05. The van der Waals surface area contributed by atoms with Crippen molar-refractivity contribution in [2.45, 2.75) is 0 Å². The highest BCUT2D eigenvalue weighted by atomic mass is 35.5. The Morgan fingerprint density at radius 3 is 2.44 bits per heavy atom. The monoisotopic (exact) mass is 374 g/mol. The molecule has 132 valence electrons. The largest absolute Gasteiger partial charge is 0.320 e. The molecule has 4 aromatic rings. The van der Waals surface area contributed by atoms with Gasteiger partial charge in [0.2, 0.25) is 0 Å². The van der Waals surface area contributed by atoms with Crippen LogP contribution in [0.25, 0.3) is 16.9 Å². The number of pyridine rings is 1. The summed E-state index contributed by atoms with van der Waals surface area (Å²) in [4.78, 5) is 16.9. The van der Waals surface area contributed by atoms with Crippen LogP contribution in [0, 0.1) is 0 Å². The van der Waals surface area contributed by atoms with Crippen LogP contribution in [0.15, 0.2) is 85.3 Å². The molecule has 0 atom stereocenters. The number of hydrogen-bond donors (Lipinski definition) is 1. The molecule has 0 bridgehead atoms. The van der Waals surface area contributed by atoms with Crippen LogP contribution in [0.2, 0.25) is 5.02 Å². The number of halogens is 1. The fourth-order valence-electron chi connectivity index (χ4n) is 2.71. The highest BCUT2D eigenvalue weighted by molar-refractivity contribution is 6.30. The second-order valence-electron chi connectivity index (χ2n) is 5.87. The van der Waals surface area contributed by atoms with Crippen LogP contribution >= 0.6 is 11.6 Å². The Labute approximate surface area is 161 Å². The number of anilines is 1. The molecule has 0 saturated heterocycles. The molecule has 1 amide bonds. The van der Waals surface area contributed by atoms with Crippen molar-refractivity contribution >= 4 is 23.2 Å². The predicted molar refractivity (Wildman–Crippen MR) is 106 cm³/mol. The average Bonchev–Trinajstić information content (AvgIpc) is 3.16. The van der Waals surface area contributed by atoms with Crippen LogP contribution in [0.5, 0.6) is 0 Å². The van der Waals surface area contributed by atoms with Crippen molar-refractivity contribution in [3.05, 3.63) is 95.9 Å². The smallest absolute Gasteiger partial charge is 0.259 e. The lowest BCUT2D eigenvalue weighted by molar-refractivity contribution is 0.102. The van der Waals surface area contributed by atoms with Gasteiger partial charge < -0.3 is 5.32 Å². The highest BCUT2D eigenvalue weighted by Gasteiger charge is 2.19. The standard InChI is InChI=1S/C21H15ClN4O/c22-16-10-8-15(9-11-16)20-19(21(27)24-17-5-4-12-23-13-17)14-26(25-20)18-6-2-1-3-7-18/h1-14H,(H,24,27). The summed E-state index contributed by atoms with van der Waals surface area (Å²) in [5, 5.41) is 8.13. The summed E-state index contributed by atoms with van der Waals surface area (Å²) in [7, 11) is 0. The first-order chi connectivity index (χ1) is 13.2. The number of carbonyl (C=O) groups excluding carboxylic acids is 1. The van der Waals surface area contributed by atoms with Crippen LogP contribution in [0.1, 0.15) is 10.4 Å². The first kappa shape index (κ1) is 17.0. The lowest BCUT2D eigenvalue weighted by Crippen LogP contribution is -2.12. The molecule has 27 heavy (non-hydrogen) atoms. The number of amides is 1. The van der Waals surface area contributed by atoms with Crippen LogP contribution in [0.4, 0.5) is 5.69 Å². The van der Waals surface area contributed by atoms with Gasteiger partial charge >= 0.3 is 0 Å². The van der Waals surface area contributed by atoms with E-state index in [0.717, 1.165) is 11.3 Å². The third-order valence-electron chi connectivity index (χ3n) is 4.02. The number of nitrogens with one attached hydrogen (secondary N) is 1. The van der Waals surface area contributed by atoms with Crippen LogP contribution < -0.4 is 5.32 Å². The maximum atomic E-state index is 12.9. The van der Waals surface area contributed by atoms with Gasteiger partial charge in [-0.05, 0) is 36.4 Å². The number of hydrogen-bond acceptors (Lipinski definition) is 3. The lowest BCUT2D eigenvalue weighted by atomic mass is 10.1. The Morgan fingerprint density at radius 1 is 0.963 bits per heavy atom. The van der Waals surface area contributed by atoms with E-state index in [4.69, 9.17) is 11.6 Å². The van der Waals surface area contributed by atoms with Gasteiger partial charge in [0.05, 0.1) is 23.1 Å². The molecular weight excluding hydrogens is 360 g/mol. The molecule has 0 saturated carbocycles. The molecule has 0 fully saturated rings. The van der Waals surface area contributed by atoms with Gasteiger partial charge in [0.25, 0.3) is 5.91 Å². The summed E-state index contributed by atoms with van der Waals surface area (Å²) in [6.07, 6.45) is 4.98. The van der Waals surface area contributed by atoms with E-state index < -0.39 is 0 Å². The van der Waals surface area contributed by atoms with Gasteiger partial charge in [-0.25, -0.2) is 4.68 Å². The van der Waals surface area contributed by atoms with E-state index in [9.17, 15) is 4.79 Å². The Kier molecular flexibility index (Phi) is 4.68. The van der Waals surface area contributed by atoms with E-state index in [2.05, 4.69) is 15.4 Å². The molecule has 0 spiro atoms. The van der Waals surface area contributed by atoms with Crippen molar-refractivity contribution in [2.75, 3.05) is 5.32 Å². The van der Waals surface area contributed by atoms with Gasteiger partial charge in [-0.1, -0.05) is 41.9 Å². The zero-order valence-corrected chi connectivity index (χ0v) is 15.0. The summed E-state index contributed by atoms with van der Waals surface area (Å²) in [5.74, 6) is -0.255. The van der Waals surface area contributed by atoms with Crippen LogP contribution in [-0.2, 0) is 0 Å². The molecule has 4 rings (SSSR count). The molecule has 2 aromatic heterocycles. The van der Waals surface area contributed by atoms with E-state index in [0.29, 0.717) is 22.0 Å². The van der Waals surface area contributed by atoms with E-state index in [1.165, 1.54) is 0 Å². The van der Waals surface area contributed by atoms with Gasteiger partial charge in [-0.15, -0.1) is 0 Å². The Balaban J connectivity index is 1.77. The SMILES string of the molecule is O=C(Nc1cccnc1)c1cn(-c2ccccc2)nc1-c1ccc(Cl)cc1. The van der Waals surface area contributed by atoms with Crippen molar-refractivity contribution < 1.29 is 4.79 Å². The highest BCUT2D eigenvalue weighted by Crippen LogP contribution is 2.26. The van der Waals surface area contributed by atoms with E-state index in [1.54, 1.807) is 47.5 Å². The topological polar surface area (TPSA) is 59.8 Å². The predicted octanol–water partition coefficient (Wildman–Crippen LogP) is 4.84. The third kappa shape index (κ3) is 3.73. The van der Waals surface area contributed by atoms with E-state index in [-0.39, 0.29) is 5.91 Å². The molecular formula is C21H15ClN4O. The van der Waals surface area contributed by atoms with Crippen LogP contribution in [-0.4, -0.2) is 20.7 Å². The van der Waals surface area contributed by atoms with Crippen molar-refractivity contribution in [1.29, 1.82) is 0 Å². The fourth-order valence-corrected chi connectivity index (χ4v) is 2.84. The second kappa shape index (κ2) is 7.43. The average molecular weight is 375 g/mol. The summed E-state index contributed by atoms with van der Waals surface area (Å²) >= 11 is 6.00. The summed E-state index contributed by atoms with van der Waals surface area (Å²) in [5.41, 5.74) is 3.34. The normalized spacial score (nSPS) is 10.6. The quantitative estimate of drug-likeness (QED) is 0.556. The minimum atomic E-state index is -0.255. The maximum Gasteiger partial charge on any atom is 0.259 e. The second-order valence-corrected chi connectivity index (χ2v) is 6.31. The zero-order valence-electron chi connectivity index (χ0n) is 14.2. The van der Waals surface area contributed by atoms with Crippen molar-refractivity contribution in [3.8, 4) is 16.9 Å². The van der Waals surface area contributed by atoms with Crippen LogP contribution in [0.3, 0.4) is 0 Å². The number of rotatable bonds is 4. The molecule has 2 aromatic carbocycles. The molecule has 0 aliphatic heterocycles. The molecule has 0 aliphatic carbocycles. The Bertz CT molecular complexity index is 1060. The third-order valence-corrected chi connectivity index (χ3v) is 4.27. The van der Waals surface area contributed by atoms with Gasteiger partial charge in [-0.3, -0.25) is 9.78 Å². The molecule has 0 aliphatic rings. The van der Waals surface area contributed by atoms with Crippen molar-refractivity contribution in [3.63, 3.8) is 0 Å². The van der Waals surface area contributed by atoms with Crippen molar-refractivity contribution in [2.24, 2.45) is 0 Å². The molecule has 1 N–H and O–H groups in total. The van der Waals surface area contributed by atoms with Gasteiger partial charge in [0.15, 0.2) is 0 Å².